The number of nitrogens with one attached hydrogen (secondary N) is 1. The first kappa shape index (κ1) is 14.1. The van der Waals surface area contributed by atoms with Gasteiger partial charge in [-0.15, -0.1) is 11.3 Å². The van der Waals surface area contributed by atoms with Crippen LogP contribution in [0.1, 0.15) is 30.2 Å². The molecule has 0 bridgehead atoms. The van der Waals surface area contributed by atoms with E-state index in [0.29, 0.717) is 0 Å². The molecule has 3 rings (SSSR count). The van der Waals surface area contributed by atoms with Crippen molar-refractivity contribution in [1.82, 2.24) is 10.2 Å². The molecule has 0 aliphatic heterocycles. The van der Waals surface area contributed by atoms with Gasteiger partial charge in [-0.2, -0.15) is 0 Å². The molecule has 0 radical (unpaired) electrons. The van der Waals surface area contributed by atoms with E-state index in [-0.39, 0.29) is 0 Å². The Morgan fingerprint density at radius 1 is 1.30 bits per heavy atom. The van der Waals surface area contributed by atoms with E-state index in [0.717, 1.165) is 25.6 Å². The first-order chi connectivity index (χ1) is 9.81. The first-order valence-electron chi connectivity index (χ1n) is 7.68. The second-order valence-corrected chi connectivity index (χ2v) is 6.94. The molecule has 1 aromatic heterocycles. The lowest BCUT2D eigenvalue weighted by molar-refractivity contribution is 0.269. The number of hydrogen-bond donors (Lipinski definition) is 1. The minimum Gasteiger partial charge on any atom is -0.315 e. The maximum atomic E-state index is 3.32. The molecule has 0 atom stereocenters. The molecular formula is C17H24N2S. The Hall–Kier alpha value is -0.900. The lowest BCUT2D eigenvalue weighted by Crippen LogP contribution is -2.25. The van der Waals surface area contributed by atoms with E-state index in [1.54, 1.807) is 5.56 Å². The van der Waals surface area contributed by atoms with Gasteiger partial charge in [0.1, 0.15) is 0 Å². The molecule has 1 N–H and O–H groups in total. The molecule has 1 aliphatic rings. The molecule has 2 aromatic rings. The summed E-state index contributed by atoms with van der Waals surface area (Å²) in [7, 11) is 2.04. The van der Waals surface area contributed by atoms with Crippen LogP contribution in [-0.2, 0) is 13.1 Å². The lowest BCUT2D eigenvalue weighted by Gasteiger charge is -2.21. The van der Waals surface area contributed by atoms with Gasteiger partial charge in [-0.25, -0.2) is 0 Å². The molecule has 0 spiro atoms. The van der Waals surface area contributed by atoms with Crippen LogP contribution >= 0.6 is 11.3 Å². The molecule has 1 fully saturated rings. The predicted molar refractivity (Wildman–Crippen MR) is 88.3 cm³/mol. The highest BCUT2D eigenvalue weighted by Gasteiger charge is 2.24. The Kier molecular flexibility index (Phi) is 4.39. The second-order valence-electron chi connectivity index (χ2n) is 5.80. The van der Waals surface area contributed by atoms with E-state index in [9.17, 15) is 0 Å². The number of nitrogens with zero attached hydrogens (tertiary/aromatic N) is 1. The maximum absolute atomic E-state index is 3.32. The average molecular weight is 288 g/mol. The average Bonchev–Trinajstić information content (AvgIpc) is 3.22. The van der Waals surface area contributed by atoms with Crippen molar-refractivity contribution in [2.24, 2.45) is 5.92 Å². The molecule has 108 valence electrons. The minimum absolute atomic E-state index is 0.965. The van der Waals surface area contributed by atoms with Crippen LogP contribution in [-0.4, -0.2) is 25.0 Å². The van der Waals surface area contributed by atoms with Crippen LogP contribution in [0.25, 0.3) is 10.1 Å². The smallest absolute Gasteiger partial charge is 0.0349 e. The molecule has 1 aromatic carbocycles. The van der Waals surface area contributed by atoms with Gasteiger partial charge in [-0.1, -0.05) is 25.1 Å². The number of hydrogen-bond acceptors (Lipinski definition) is 3. The van der Waals surface area contributed by atoms with Crippen molar-refractivity contribution >= 4 is 21.4 Å². The highest BCUT2D eigenvalue weighted by atomic mass is 32.1. The first-order valence-corrected chi connectivity index (χ1v) is 8.49. The second kappa shape index (κ2) is 6.25. The Balaban J connectivity index is 1.88. The molecule has 0 amide bonds. The van der Waals surface area contributed by atoms with Crippen molar-refractivity contribution in [2.45, 2.75) is 32.9 Å². The SMILES string of the molecule is CCN(Cc1c(CNC)sc2ccccc12)CC1CC1. The standard InChI is InChI=1S/C17H24N2S/c1-3-19(11-13-8-9-13)12-15-14-6-4-5-7-16(14)20-17(15)10-18-2/h4-7,13,18H,3,8-12H2,1-2H3. The van der Waals surface area contributed by atoms with Crippen molar-refractivity contribution in [3.05, 3.63) is 34.7 Å². The van der Waals surface area contributed by atoms with Crippen molar-refractivity contribution in [1.29, 1.82) is 0 Å². The summed E-state index contributed by atoms with van der Waals surface area (Å²) in [4.78, 5) is 4.12. The zero-order chi connectivity index (χ0) is 13.9. The summed E-state index contributed by atoms with van der Waals surface area (Å²) < 4.78 is 1.43. The Bertz CT molecular complexity index is 571. The highest BCUT2D eigenvalue weighted by molar-refractivity contribution is 7.19. The zero-order valence-corrected chi connectivity index (χ0v) is 13.3. The van der Waals surface area contributed by atoms with E-state index >= 15 is 0 Å². The molecule has 20 heavy (non-hydrogen) atoms. The number of rotatable bonds is 7. The Morgan fingerprint density at radius 3 is 2.80 bits per heavy atom. The van der Waals surface area contributed by atoms with E-state index < -0.39 is 0 Å². The summed E-state index contributed by atoms with van der Waals surface area (Å²) in [6, 6.07) is 8.84. The molecule has 1 heterocycles. The third-order valence-electron chi connectivity index (χ3n) is 4.16. The number of benzene rings is 1. The van der Waals surface area contributed by atoms with Gasteiger partial charge in [0.2, 0.25) is 0 Å². The van der Waals surface area contributed by atoms with E-state index in [1.807, 2.05) is 18.4 Å². The Labute approximate surface area is 125 Å². The molecule has 2 nitrogen and oxygen atoms in total. The summed E-state index contributed by atoms with van der Waals surface area (Å²) in [6.07, 6.45) is 2.87. The topological polar surface area (TPSA) is 15.3 Å². The van der Waals surface area contributed by atoms with Crippen LogP contribution < -0.4 is 5.32 Å². The van der Waals surface area contributed by atoms with E-state index in [1.165, 1.54) is 34.3 Å². The number of thiophene rings is 1. The van der Waals surface area contributed by atoms with E-state index in [4.69, 9.17) is 0 Å². The Morgan fingerprint density at radius 2 is 2.10 bits per heavy atom. The molecule has 0 saturated heterocycles. The third kappa shape index (κ3) is 3.05. The highest BCUT2D eigenvalue weighted by Crippen LogP contribution is 2.34. The van der Waals surface area contributed by atoms with Crippen LogP contribution in [0.5, 0.6) is 0 Å². The maximum Gasteiger partial charge on any atom is 0.0349 e. The van der Waals surface area contributed by atoms with Crippen LogP contribution in [0, 0.1) is 5.92 Å². The van der Waals surface area contributed by atoms with Crippen molar-refractivity contribution in [3.63, 3.8) is 0 Å². The molecule has 1 saturated carbocycles. The molecular weight excluding hydrogens is 264 g/mol. The van der Waals surface area contributed by atoms with Crippen LogP contribution in [0.2, 0.25) is 0 Å². The monoisotopic (exact) mass is 288 g/mol. The van der Waals surface area contributed by atoms with Gasteiger partial charge in [0.05, 0.1) is 0 Å². The summed E-state index contributed by atoms with van der Waals surface area (Å²) in [5.41, 5.74) is 1.54. The van der Waals surface area contributed by atoms with Crippen LogP contribution in [0.3, 0.4) is 0 Å². The van der Waals surface area contributed by atoms with Gasteiger partial charge in [0, 0.05) is 29.2 Å². The predicted octanol–water partition coefficient (Wildman–Crippen LogP) is 3.85. The van der Waals surface area contributed by atoms with Gasteiger partial charge in [-0.05, 0) is 49.4 Å². The van der Waals surface area contributed by atoms with Gasteiger partial charge in [-0.3, -0.25) is 4.90 Å². The van der Waals surface area contributed by atoms with Gasteiger partial charge >= 0.3 is 0 Å². The van der Waals surface area contributed by atoms with E-state index in [2.05, 4.69) is 41.4 Å². The molecule has 3 heteroatoms. The van der Waals surface area contributed by atoms with Crippen LogP contribution in [0.4, 0.5) is 0 Å². The van der Waals surface area contributed by atoms with Crippen molar-refractivity contribution < 1.29 is 0 Å². The summed E-state index contributed by atoms with van der Waals surface area (Å²) in [5, 5.41) is 4.78. The quantitative estimate of drug-likeness (QED) is 0.832. The fourth-order valence-electron chi connectivity index (χ4n) is 2.82. The zero-order valence-electron chi connectivity index (χ0n) is 12.5. The van der Waals surface area contributed by atoms with Gasteiger partial charge in [0.15, 0.2) is 0 Å². The largest absolute Gasteiger partial charge is 0.315 e. The van der Waals surface area contributed by atoms with Gasteiger partial charge < -0.3 is 5.32 Å². The summed E-state index contributed by atoms with van der Waals surface area (Å²) in [6.45, 7) is 6.80. The molecule has 1 aliphatic carbocycles. The summed E-state index contributed by atoms with van der Waals surface area (Å²) in [5.74, 6) is 0.965. The third-order valence-corrected chi connectivity index (χ3v) is 5.37. The minimum atomic E-state index is 0.965. The lowest BCUT2D eigenvalue weighted by atomic mass is 10.1. The number of fused-ring (bicyclic) bond motifs is 1. The van der Waals surface area contributed by atoms with Gasteiger partial charge in [0.25, 0.3) is 0 Å². The van der Waals surface area contributed by atoms with Crippen molar-refractivity contribution in [3.8, 4) is 0 Å². The molecule has 0 unspecified atom stereocenters. The fraction of sp³-hybridized carbons (Fsp3) is 0.529. The van der Waals surface area contributed by atoms with Crippen LogP contribution in [0.15, 0.2) is 24.3 Å². The fourth-order valence-corrected chi connectivity index (χ4v) is 4.05. The van der Waals surface area contributed by atoms with Crippen molar-refractivity contribution in [2.75, 3.05) is 20.1 Å². The normalized spacial score (nSPS) is 15.3. The summed E-state index contributed by atoms with van der Waals surface area (Å²) >= 11 is 1.95.